The van der Waals surface area contributed by atoms with Crippen LogP contribution in [0.15, 0.2) is 23.0 Å². The van der Waals surface area contributed by atoms with Crippen molar-refractivity contribution in [2.24, 2.45) is 0 Å². The van der Waals surface area contributed by atoms with Crippen molar-refractivity contribution in [3.63, 3.8) is 0 Å². The van der Waals surface area contributed by atoms with Gasteiger partial charge >= 0.3 is 23.8 Å². The number of halogens is 3. The fraction of sp³-hybridized carbons (Fsp3) is 0.625. The summed E-state index contributed by atoms with van der Waals surface area (Å²) in [5.41, 5.74) is -2.57. The molecule has 0 saturated carbocycles. The molecule has 67 heavy (non-hydrogen) atoms. The maximum absolute atomic E-state index is 16.5. The number of likely N-dealkylation sites (tertiary alicyclic amines) is 1. The van der Waals surface area contributed by atoms with E-state index in [1.54, 1.807) is 25.7 Å². The number of ether oxygens (including phenoxy) is 4. The van der Waals surface area contributed by atoms with Crippen molar-refractivity contribution in [2.45, 2.75) is 157 Å². The summed E-state index contributed by atoms with van der Waals surface area (Å²) in [6, 6.07) is 4.39. The number of amides is 2. The number of thiazole rings is 1. The van der Waals surface area contributed by atoms with Gasteiger partial charge in [0.2, 0.25) is 0 Å². The summed E-state index contributed by atoms with van der Waals surface area (Å²) in [5.74, 6) is -1.40. The number of hydrogen-bond acceptors (Lipinski definition) is 13. The van der Waals surface area contributed by atoms with E-state index in [9.17, 15) is 23.6 Å². The number of anilines is 2. The van der Waals surface area contributed by atoms with Crippen LogP contribution in [0.25, 0.3) is 32.2 Å². The summed E-state index contributed by atoms with van der Waals surface area (Å²) in [6.07, 6.45) is 4.36. The summed E-state index contributed by atoms with van der Waals surface area (Å²) in [5, 5.41) is 2.81. The molecule has 0 radical (unpaired) electrons. The van der Waals surface area contributed by atoms with Gasteiger partial charge in [0, 0.05) is 48.8 Å². The lowest BCUT2D eigenvalue weighted by molar-refractivity contribution is -0.156. The number of carbonyl (C=O) groups excluding carboxylic acids is 3. The molecule has 0 spiro atoms. The summed E-state index contributed by atoms with van der Waals surface area (Å²) in [4.78, 5) is 66.7. The van der Waals surface area contributed by atoms with E-state index in [0.29, 0.717) is 26.1 Å². The van der Waals surface area contributed by atoms with Crippen LogP contribution in [0.2, 0.25) is 5.02 Å². The molecule has 2 amide bonds. The number of esters is 1. The molecular weight excluding hydrogens is 908 g/mol. The Hall–Kier alpha value is -4.65. The molecule has 3 fully saturated rings. The number of carbonyl (C=O) groups is 3. The van der Waals surface area contributed by atoms with E-state index in [-0.39, 0.29) is 72.4 Å². The Morgan fingerprint density at radius 1 is 0.910 bits per heavy atom. The van der Waals surface area contributed by atoms with Gasteiger partial charge in [-0.05, 0) is 126 Å². The number of piperazine rings is 1. The molecule has 3 aliphatic heterocycles. The van der Waals surface area contributed by atoms with Crippen molar-refractivity contribution in [2.75, 3.05) is 49.6 Å². The van der Waals surface area contributed by atoms with Gasteiger partial charge in [0.15, 0.2) is 10.9 Å². The van der Waals surface area contributed by atoms with Crippen LogP contribution in [-0.4, -0.2) is 117 Å². The van der Waals surface area contributed by atoms with Crippen molar-refractivity contribution in [3.05, 3.63) is 45.3 Å². The maximum Gasteiger partial charge on any atom is 0.413 e. The Balaban J connectivity index is 0.000000336. The normalized spacial score (nSPS) is 18.6. The molecule has 2 aromatic carbocycles. The molecule has 370 valence electrons. The highest BCUT2D eigenvalue weighted by atomic mass is 35.5. The molecule has 2 N–H and O–H groups in total. The highest BCUT2D eigenvalue weighted by Crippen LogP contribution is 2.43. The fourth-order valence-corrected chi connectivity index (χ4v) is 9.53. The predicted molar refractivity (Wildman–Crippen MR) is 260 cm³/mol. The molecule has 0 aliphatic carbocycles. The summed E-state index contributed by atoms with van der Waals surface area (Å²) >= 11 is 7.60. The van der Waals surface area contributed by atoms with Crippen LogP contribution in [0.1, 0.15) is 122 Å². The molecule has 5 heterocycles. The lowest BCUT2D eigenvalue weighted by Crippen LogP contribution is -2.57. The first-order valence-electron chi connectivity index (χ1n) is 23.2. The zero-order chi connectivity index (χ0) is 49.6. The first-order valence-corrected chi connectivity index (χ1v) is 24.4. The van der Waals surface area contributed by atoms with Crippen molar-refractivity contribution >= 4 is 73.2 Å². The zero-order valence-corrected chi connectivity index (χ0v) is 42.6. The van der Waals surface area contributed by atoms with Gasteiger partial charge in [0.25, 0.3) is 0 Å². The van der Waals surface area contributed by atoms with Gasteiger partial charge in [-0.1, -0.05) is 36.8 Å². The molecule has 3 atom stereocenters. The molecule has 7 rings (SSSR count). The molecule has 2 aromatic heterocycles. The number of nitrogens with one attached hydrogen (secondary N) is 2. The minimum absolute atomic E-state index is 0.0157. The van der Waals surface area contributed by atoms with Crippen molar-refractivity contribution < 1.29 is 42.1 Å². The molecule has 4 aromatic rings. The minimum Gasteiger partial charge on any atom is -0.460 e. The molecule has 2 unspecified atom stereocenters. The van der Waals surface area contributed by atoms with Gasteiger partial charge in [0.05, 0.1) is 45.9 Å². The molecule has 3 aliphatic rings. The van der Waals surface area contributed by atoms with E-state index in [4.69, 9.17) is 30.5 Å². The standard InChI is InChI=1S/C31H33ClF2N6O5S.C15H29NO3.C2H6/c1-30(2,3)44-28(42)38-27-36-23-16(9-10-19(33)24(23)46-27)20-18(32)11-17-22(21(20)34)35-26(41)37-25(17)39-12-14-7-8-15(13-39)40(14)29(43)45-31(4,5)6;1-13-7-5-9-16(13)10-6-11-18-12-8-14(17)19-15(2,3)4;1-2/h9-11,14-15H,7-8,12-13H2,1-6H3,(H,35,37,41)(H,36,38,42);13H,5-12H2,1-4H3;1-2H3/t;13-;/m.1./s1. The lowest BCUT2D eigenvalue weighted by Gasteiger charge is -2.42. The number of H-pyrrole nitrogens is 1. The molecule has 3 saturated heterocycles. The summed E-state index contributed by atoms with van der Waals surface area (Å²) < 4.78 is 53.1. The first kappa shape index (κ1) is 53.3. The van der Waals surface area contributed by atoms with Crippen LogP contribution in [0.4, 0.5) is 29.3 Å². The Morgan fingerprint density at radius 3 is 2.15 bits per heavy atom. The van der Waals surface area contributed by atoms with Crippen molar-refractivity contribution in [1.82, 2.24) is 24.8 Å². The van der Waals surface area contributed by atoms with Gasteiger partial charge in [-0.2, -0.15) is 4.98 Å². The van der Waals surface area contributed by atoms with Crippen LogP contribution >= 0.6 is 22.9 Å². The highest BCUT2D eigenvalue weighted by Gasteiger charge is 2.45. The SMILES string of the molecule is CC.CC(C)(C)OC(=O)Nc1nc2c(-c3c(Cl)cc4c(N5CC6CCC(C5)N6C(=O)OC(C)(C)C)nc(=O)[nH]c4c3F)ccc(F)c2s1.C[C@@H]1CCCN1CCCOCCC(=O)OC(C)(C)C. The third-order valence-electron chi connectivity index (χ3n) is 11.0. The second kappa shape index (κ2) is 22.2. The number of aromatic nitrogens is 3. The summed E-state index contributed by atoms with van der Waals surface area (Å²) in [7, 11) is 0. The second-order valence-electron chi connectivity index (χ2n) is 19.8. The second-order valence-corrected chi connectivity index (χ2v) is 21.2. The smallest absolute Gasteiger partial charge is 0.413 e. The first-order chi connectivity index (χ1) is 31.4. The number of nitrogens with zero attached hydrogens (tertiary/aromatic N) is 5. The van der Waals surface area contributed by atoms with Gasteiger partial charge < -0.3 is 33.7 Å². The van der Waals surface area contributed by atoms with E-state index in [0.717, 1.165) is 55.9 Å². The Labute approximate surface area is 401 Å². The Morgan fingerprint density at radius 2 is 1.55 bits per heavy atom. The van der Waals surface area contributed by atoms with E-state index in [2.05, 4.69) is 32.1 Å². The minimum atomic E-state index is -0.846. The third kappa shape index (κ3) is 14.2. The van der Waals surface area contributed by atoms with Gasteiger partial charge in [-0.3, -0.25) is 15.0 Å². The van der Waals surface area contributed by atoms with E-state index < -0.39 is 40.2 Å². The number of hydrogen-bond donors (Lipinski definition) is 2. The maximum atomic E-state index is 16.5. The van der Waals surface area contributed by atoms with Crippen molar-refractivity contribution in [1.29, 1.82) is 0 Å². The molecule has 19 heteroatoms. The Bertz CT molecular complexity index is 2430. The monoisotopic (exact) mass is 975 g/mol. The summed E-state index contributed by atoms with van der Waals surface area (Å²) in [6.45, 7) is 26.7. The van der Waals surface area contributed by atoms with Crippen LogP contribution in [0.5, 0.6) is 0 Å². The Kier molecular flexibility index (Phi) is 17.7. The number of benzene rings is 2. The van der Waals surface area contributed by atoms with E-state index >= 15 is 4.39 Å². The van der Waals surface area contributed by atoms with Gasteiger partial charge in [0.1, 0.15) is 28.4 Å². The highest BCUT2D eigenvalue weighted by molar-refractivity contribution is 7.22. The third-order valence-corrected chi connectivity index (χ3v) is 12.2. The van der Waals surface area contributed by atoms with Crippen LogP contribution < -0.4 is 15.9 Å². The lowest BCUT2D eigenvalue weighted by atomic mass is 10.0. The number of rotatable bonds is 10. The number of fused-ring (bicyclic) bond motifs is 4. The predicted octanol–water partition coefficient (Wildman–Crippen LogP) is 10.7. The quantitative estimate of drug-likeness (QED) is 0.0878. The van der Waals surface area contributed by atoms with Crippen molar-refractivity contribution in [3.8, 4) is 11.1 Å². The van der Waals surface area contributed by atoms with Gasteiger partial charge in [-0.25, -0.2) is 28.1 Å². The topological polar surface area (TPSA) is 169 Å². The number of aromatic amines is 1. The zero-order valence-electron chi connectivity index (χ0n) is 41.0. The molecular formula is C48H68ClF2N7O8S. The average molecular weight is 977 g/mol. The van der Waals surface area contributed by atoms with E-state index in [1.807, 2.05) is 60.3 Å². The van der Waals surface area contributed by atoms with Crippen LogP contribution in [0, 0.1) is 11.6 Å². The molecule has 15 nitrogen and oxygen atoms in total. The average Bonchev–Trinajstić information content (AvgIpc) is 3.90. The van der Waals surface area contributed by atoms with Gasteiger partial charge in [-0.15, -0.1) is 0 Å². The van der Waals surface area contributed by atoms with E-state index in [1.165, 1.54) is 31.5 Å². The van der Waals surface area contributed by atoms with Crippen LogP contribution in [0.3, 0.4) is 0 Å². The largest absolute Gasteiger partial charge is 0.460 e. The van der Waals surface area contributed by atoms with Crippen LogP contribution in [-0.2, 0) is 23.7 Å². The fourth-order valence-electron chi connectivity index (χ4n) is 8.35. The molecule has 2 bridgehead atoms.